The van der Waals surface area contributed by atoms with E-state index in [1.165, 1.54) is 38.6 Å². The fourth-order valence-corrected chi connectivity index (χ4v) is 3.11. The molecule has 1 fully saturated rings. The van der Waals surface area contributed by atoms with Crippen LogP contribution in [0.1, 0.15) is 52.4 Å². The summed E-state index contributed by atoms with van der Waals surface area (Å²) >= 11 is 0. The standard InChI is InChI=1S/C15H32N2O/c1-14(2)16-12-15(8-5-4-6-9-15)13-17(3)10-7-11-18/h14,16,18H,4-13H2,1-3H3. The lowest BCUT2D eigenvalue weighted by atomic mass is 9.73. The van der Waals surface area contributed by atoms with Crippen LogP contribution in [0.4, 0.5) is 0 Å². The summed E-state index contributed by atoms with van der Waals surface area (Å²) in [6.45, 7) is 8.10. The molecule has 18 heavy (non-hydrogen) atoms. The Morgan fingerprint density at radius 1 is 1.22 bits per heavy atom. The van der Waals surface area contributed by atoms with Crippen molar-refractivity contribution in [2.45, 2.75) is 58.4 Å². The molecule has 108 valence electrons. The number of aliphatic hydroxyl groups is 1. The second-order valence-electron chi connectivity index (χ2n) is 6.41. The van der Waals surface area contributed by atoms with Gasteiger partial charge in [0.25, 0.3) is 0 Å². The average Bonchev–Trinajstić information content (AvgIpc) is 2.35. The molecule has 0 heterocycles. The second kappa shape index (κ2) is 8.13. The summed E-state index contributed by atoms with van der Waals surface area (Å²) in [5, 5.41) is 12.6. The number of nitrogens with zero attached hydrogens (tertiary/aromatic N) is 1. The summed E-state index contributed by atoms with van der Waals surface area (Å²) in [6, 6.07) is 0.576. The van der Waals surface area contributed by atoms with Crippen molar-refractivity contribution in [3.05, 3.63) is 0 Å². The highest BCUT2D eigenvalue weighted by atomic mass is 16.3. The predicted octanol–water partition coefficient (Wildman–Crippen LogP) is 2.25. The third-order valence-electron chi connectivity index (χ3n) is 4.10. The van der Waals surface area contributed by atoms with Crippen LogP contribution in [0.5, 0.6) is 0 Å². The molecular formula is C15H32N2O. The van der Waals surface area contributed by atoms with E-state index in [4.69, 9.17) is 5.11 Å². The maximum atomic E-state index is 8.92. The fourth-order valence-electron chi connectivity index (χ4n) is 3.11. The van der Waals surface area contributed by atoms with Gasteiger partial charge in [0.15, 0.2) is 0 Å². The van der Waals surface area contributed by atoms with E-state index >= 15 is 0 Å². The van der Waals surface area contributed by atoms with Gasteiger partial charge in [-0.05, 0) is 31.7 Å². The molecule has 0 amide bonds. The Bertz CT molecular complexity index is 213. The highest BCUT2D eigenvalue weighted by molar-refractivity contribution is 4.87. The zero-order chi connectivity index (χ0) is 13.4. The third-order valence-corrected chi connectivity index (χ3v) is 4.10. The molecule has 2 N–H and O–H groups in total. The highest BCUT2D eigenvalue weighted by Gasteiger charge is 2.32. The fraction of sp³-hybridized carbons (Fsp3) is 1.00. The van der Waals surface area contributed by atoms with Crippen LogP contribution in [-0.2, 0) is 0 Å². The molecule has 0 aliphatic heterocycles. The zero-order valence-corrected chi connectivity index (χ0v) is 12.5. The van der Waals surface area contributed by atoms with Gasteiger partial charge in [-0.2, -0.15) is 0 Å². The van der Waals surface area contributed by atoms with E-state index in [1.807, 2.05) is 0 Å². The SMILES string of the molecule is CC(C)NCC1(CN(C)CCCO)CCCCC1. The molecule has 0 atom stereocenters. The molecule has 0 unspecified atom stereocenters. The van der Waals surface area contributed by atoms with Crippen molar-refractivity contribution in [3.63, 3.8) is 0 Å². The second-order valence-corrected chi connectivity index (χ2v) is 6.41. The Morgan fingerprint density at radius 3 is 2.44 bits per heavy atom. The van der Waals surface area contributed by atoms with Crippen molar-refractivity contribution in [3.8, 4) is 0 Å². The van der Waals surface area contributed by atoms with Crippen LogP contribution in [0.15, 0.2) is 0 Å². The molecule has 1 aliphatic rings. The van der Waals surface area contributed by atoms with Gasteiger partial charge >= 0.3 is 0 Å². The summed E-state index contributed by atoms with van der Waals surface area (Å²) < 4.78 is 0. The van der Waals surface area contributed by atoms with Gasteiger partial charge < -0.3 is 15.3 Å². The summed E-state index contributed by atoms with van der Waals surface area (Å²) in [5.41, 5.74) is 0.465. The minimum Gasteiger partial charge on any atom is -0.396 e. The number of aliphatic hydroxyl groups excluding tert-OH is 1. The van der Waals surface area contributed by atoms with Gasteiger partial charge in [0.1, 0.15) is 0 Å². The molecule has 0 radical (unpaired) electrons. The number of rotatable bonds is 8. The van der Waals surface area contributed by atoms with Crippen LogP contribution in [0.25, 0.3) is 0 Å². The van der Waals surface area contributed by atoms with Gasteiger partial charge in [-0.15, -0.1) is 0 Å². The quantitative estimate of drug-likeness (QED) is 0.699. The number of hydrogen-bond donors (Lipinski definition) is 2. The highest BCUT2D eigenvalue weighted by Crippen LogP contribution is 2.36. The molecule has 0 bridgehead atoms. The van der Waals surface area contributed by atoms with E-state index in [0.717, 1.165) is 19.5 Å². The van der Waals surface area contributed by atoms with Gasteiger partial charge in [0.05, 0.1) is 0 Å². The lowest BCUT2D eigenvalue weighted by Gasteiger charge is -2.41. The van der Waals surface area contributed by atoms with Crippen LogP contribution in [0.3, 0.4) is 0 Å². The van der Waals surface area contributed by atoms with Crippen molar-refractivity contribution in [2.75, 3.05) is 33.3 Å². The van der Waals surface area contributed by atoms with Gasteiger partial charge in [-0.25, -0.2) is 0 Å². The first-order valence-electron chi connectivity index (χ1n) is 7.61. The van der Waals surface area contributed by atoms with Crippen LogP contribution >= 0.6 is 0 Å². The summed E-state index contributed by atoms with van der Waals surface area (Å²) in [7, 11) is 2.20. The Morgan fingerprint density at radius 2 is 1.89 bits per heavy atom. The Balaban J connectivity index is 2.48. The molecule has 0 spiro atoms. The third kappa shape index (κ3) is 5.68. The molecular weight excluding hydrogens is 224 g/mol. The zero-order valence-electron chi connectivity index (χ0n) is 12.5. The van der Waals surface area contributed by atoms with E-state index in [9.17, 15) is 0 Å². The van der Waals surface area contributed by atoms with Gasteiger partial charge in [-0.1, -0.05) is 33.1 Å². The van der Waals surface area contributed by atoms with Gasteiger partial charge in [-0.3, -0.25) is 0 Å². The van der Waals surface area contributed by atoms with Crippen molar-refractivity contribution >= 4 is 0 Å². The Hall–Kier alpha value is -0.120. The minimum absolute atomic E-state index is 0.307. The normalized spacial score (nSPS) is 19.7. The molecule has 1 saturated carbocycles. The molecule has 1 rings (SSSR count). The molecule has 0 aromatic heterocycles. The van der Waals surface area contributed by atoms with Gasteiger partial charge in [0, 0.05) is 32.3 Å². The van der Waals surface area contributed by atoms with Crippen molar-refractivity contribution in [1.82, 2.24) is 10.2 Å². The number of nitrogens with one attached hydrogen (secondary N) is 1. The van der Waals surface area contributed by atoms with Crippen LogP contribution in [0, 0.1) is 5.41 Å². The monoisotopic (exact) mass is 256 g/mol. The van der Waals surface area contributed by atoms with E-state index in [-0.39, 0.29) is 0 Å². The van der Waals surface area contributed by atoms with E-state index < -0.39 is 0 Å². The topological polar surface area (TPSA) is 35.5 Å². The largest absolute Gasteiger partial charge is 0.396 e. The summed E-state index contributed by atoms with van der Waals surface area (Å²) in [5.74, 6) is 0. The lowest BCUT2D eigenvalue weighted by Crippen LogP contribution is -2.46. The molecule has 3 nitrogen and oxygen atoms in total. The smallest absolute Gasteiger partial charge is 0.0443 e. The Labute approximate surface area is 113 Å². The molecule has 0 aromatic carbocycles. The van der Waals surface area contributed by atoms with Gasteiger partial charge in [0.2, 0.25) is 0 Å². The average molecular weight is 256 g/mol. The first-order chi connectivity index (χ1) is 8.58. The van der Waals surface area contributed by atoms with Crippen molar-refractivity contribution < 1.29 is 5.11 Å². The van der Waals surface area contributed by atoms with Crippen LogP contribution < -0.4 is 5.32 Å². The van der Waals surface area contributed by atoms with E-state index in [2.05, 4.69) is 31.1 Å². The molecule has 3 heteroatoms. The maximum absolute atomic E-state index is 8.92. The van der Waals surface area contributed by atoms with E-state index in [1.54, 1.807) is 0 Å². The minimum atomic E-state index is 0.307. The molecule has 0 aromatic rings. The van der Waals surface area contributed by atoms with Crippen molar-refractivity contribution in [2.24, 2.45) is 5.41 Å². The summed E-state index contributed by atoms with van der Waals surface area (Å²) in [6.07, 6.45) is 7.78. The lowest BCUT2D eigenvalue weighted by molar-refractivity contribution is 0.110. The predicted molar refractivity (Wildman–Crippen MR) is 77.9 cm³/mol. The molecule has 1 aliphatic carbocycles. The van der Waals surface area contributed by atoms with Crippen molar-refractivity contribution in [1.29, 1.82) is 0 Å². The maximum Gasteiger partial charge on any atom is 0.0443 e. The van der Waals surface area contributed by atoms with E-state index in [0.29, 0.717) is 18.1 Å². The summed E-state index contributed by atoms with van der Waals surface area (Å²) in [4.78, 5) is 2.41. The molecule has 0 saturated heterocycles. The first kappa shape index (κ1) is 15.9. The van der Waals surface area contributed by atoms with Crippen LogP contribution in [-0.4, -0.2) is 49.3 Å². The first-order valence-corrected chi connectivity index (χ1v) is 7.61. The van der Waals surface area contributed by atoms with Crippen LogP contribution in [0.2, 0.25) is 0 Å². The Kier molecular flexibility index (Phi) is 7.20. The number of hydrogen-bond acceptors (Lipinski definition) is 3.